The number of hydrogen-bond donors (Lipinski definition) is 3. The van der Waals surface area contributed by atoms with Crippen LogP contribution in [0.15, 0.2) is 10.5 Å². The number of aromatic hydroxyl groups is 1. The summed E-state index contributed by atoms with van der Waals surface area (Å²) in [7, 11) is 2.32. The normalized spacial score (nSPS) is 46.7. The third-order valence-corrected chi connectivity index (χ3v) is 9.23. The van der Waals surface area contributed by atoms with E-state index in [1.807, 2.05) is 0 Å². The predicted molar refractivity (Wildman–Crippen MR) is 103 cm³/mol. The Hall–Kier alpha value is -0.820. The molecule has 2 bridgehead atoms. The Morgan fingerprint density at radius 1 is 1.30 bits per heavy atom. The maximum atomic E-state index is 12.3. The van der Waals surface area contributed by atoms with E-state index in [1.54, 1.807) is 6.07 Å². The topological polar surface area (TPSA) is 69.9 Å². The van der Waals surface area contributed by atoms with Crippen molar-refractivity contribution in [2.24, 2.45) is 5.92 Å². The highest BCUT2D eigenvalue weighted by atomic mass is 79.9. The highest BCUT2D eigenvalue weighted by molar-refractivity contribution is 9.10. The zero-order valence-corrected chi connectivity index (χ0v) is 17.2. The first kappa shape index (κ1) is 17.1. The van der Waals surface area contributed by atoms with Gasteiger partial charge in [-0.05, 0) is 37.3 Å². The van der Waals surface area contributed by atoms with Crippen LogP contribution in [0.2, 0.25) is 0 Å². The van der Waals surface area contributed by atoms with Crippen LogP contribution in [0.4, 0.5) is 0 Å². The van der Waals surface area contributed by atoms with E-state index >= 15 is 0 Å². The molecule has 2 saturated carbocycles. The van der Waals surface area contributed by atoms with E-state index in [2.05, 4.69) is 23.0 Å². The standard InChI is InChI=1S/C21H26BrNO4/c1-23(10-11-2-3-11)7-6-20-17-12-8-16(23)21(20,26)5-4-14(24)19(20)27-18(17)15(25)9-13(12)22/h9,11,14,16,19,24,26H,2-8,10H2,1H3/p+1/t14-,16-,19-,20+,21?,23?/m1/s1. The van der Waals surface area contributed by atoms with Crippen molar-refractivity contribution < 1.29 is 24.5 Å². The molecular weight excluding hydrogens is 410 g/mol. The quantitative estimate of drug-likeness (QED) is 0.621. The minimum atomic E-state index is -0.899. The minimum absolute atomic E-state index is 0.102. The molecule has 0 aromatic heterocycles. The number of rotatable bonds is 2. The molecule has 1 aromatic carbocycles. The van der Waals surface area contributed by atoms with E-state index < -0.39 is 23.2 Å². The van der Waals surface area contributed by atoms with E-state index in [4.69, 9.17) is 4.74 Å². The number of piperidine rings is 1. The lowest BCUT2D eigenvalue weighted by Gasteiger charge is -2.65. The van der Waals surface area contributed by atoms with Crippen molar-refractivity contribution >= 4 is 15.9 Å². The molecule has 2 aliphatic heterocycles. The van der Waals surface area contributed by atoms with Crippen LogP contribution in [0.1, 0.15) is 43.2 Å². The van der Waals surface area contributed by atoms with Gasteiger partial charge in [0.15, 0.2) is 11.5 Å². The SMILES string of the molecule is C[N+]1(CC2CC2)CC[C@]23c4c5c(Br)cc(O)c4O[C@@H]2[C@H](O)CCC3(O)[C@H]1C5. The molecule has 3 N–H and O–H groups in total. The number of likely N-dealkylation sites (tertiary alicyclic amines) is 1. The number of benzene rings is 1. The van der Waals surface area contributed by atoms with E-state index in [9.17, 15) is 15.3 Å². The molecule has 3 fully saturated rings. The number of ether oxygens (including phenoxy) is 1. The molecule has 146 valence electrons. The fourth-order valence-electron chi connectivity index (χ4n) is 7.17. The first-order valence-corrected chi connectivity index (χ1v) is 11.1. The molecule has 27 heavy (non-hydrogen) atoms. The molecule has 5 aliphatic rings. The zero-order chi connectivity index (χ0) is 18.8. The number of phenols is 1. The van der Waals surface area contributed by atoms with Gasteiger partial charge in [-0.25, -0.2) is 0 Å². The largest absolute Gasteiger partial charge is 0.504 e. The Kier molecular flexibility index (Phi) is 3.17. The zero-order valence-electron chi connectivity index (χ0n) is 15.6. The summed E-state index contributed by atoms with van der Waals surface area (Å²) in [6.07, 6.45) is 4.28. The number of likely N-dealkylation sites (N-methyl/N-ethyl adjacent to an activating group) is 1. The van der Waals surface area contributed by atoms with Crippen molar-refractivity contribution in [2.75, 3.05) is 20.1 Å². The Morgan fingerprint density at radius 2 is 2.07 bits per heavy atom. The molecule has 0 amide bonds. The molecule has 3 aliphatic carbocycles. The number of phenolic OH excluding ortho intramolecular Hbond substituents is 1. The van der Waals surface area contributed by atoms with Gasteiger partial charge in [0.25, 0.3) is 0 Å². The molecule has 6 atom stereocenters. The molecule has 0 radical (unpaired) electrons. The molecule has 2 unspecified atom stereocenters. The smallest absolute Gasteiger partial charge is 0.165 e. The summed E-state index contributed by atoms with van der Waals surface area (Å²) < 4.78 is 8.02. The third kappa shape index (κ3) is 1.86. The molecule has 2 heterocycles. The number of nitrogens with zero attached hydrogens (tertiary/aromatic N) is 1. The summed E-state index contributed by atoms with van der Waals surface area (Å²) in [5.74, 6) is 1.39. The highest BCUT2D eigenvalue weighted by Crippen LogP contribution is 2.67. The summed E-state index contributed by atoms with van der Waals surface area (Å²) in [4.78, 5) is 0. The van der Waals surface area contributed by atoms with Gasteiger partial charge in [0, 0.05) is 28.8 Å². The second-order valence-corrected chi connectivity index (χ2v) is 10.8. The molecule has 1 aromatic rings. The molecule has 5 nitrogen and oxygen atoms in total. The minimum Gasteiger partial charge on any atom is -0.504 e. The lowest BCUT2D eigenvalue weighted by molar-refractivity contribution is -0.950. The molecule has 1 saturated heterocycles. The Balaban J connectivity index is 1.61. The number of aliphatic hydroxyl groups excluding tert-OH is 1. The third-order valence-electron chi connectivity index (χ3n) is 8.52. The summed E-state index contributed by atoms with van der Waals surface area (Å²) >= 11 is 3.67. The van der Waals surface area contributed by atoms with Crippen LogP contribution in [0.5, 0.6) is 11.5 Å². The average molecular weight is 437 g/mol. The monoisotopic (exact) mass is 436 g/mol. The number of halogens is 1. The maximum Gasteiger partial charge on any atom is 0.165 e. The maximum absolute atomic E-state index is 12.3. The van der Waals surface area contributed by atoms with E-state index in [1.165, 1.54) is 12.8 Å². The Bertz CT molecular complexity index is 857. The van der Waals surface area contributed by atoms with E-state index in [0.29, 0.717) is 18.6 Å². The van der Waals surface area contributed by atoms with Crippen LogP contribution in [-0.4, -0.2) is 63.8 Å². The van der Waals surface area contributed by atoms with Gasteiger partial charge in [0.2, 0.25) is 0 Å². The van der Waals surface area contributed by atoms with Gasteiger partial charge >= 0.3 is 0 Å². The Labute approximate surface area is 167 Å². The van der Waals surface area contributed by atoms with E-state index in [0.717, 1.165) is 51.9 Å². The van der Waals surface area contributed by atoms with Gasteiger partial charge in [-0.2, -0.15) is 0 Å². The van der Waals surface area contributed by atoms with Crippen LogP contribution >= 0.6 is 15.9 Å². The van der Waals surface area contributed by atoms with Crippen molar-refractivity contribution in [3.05, 3.63) is 21.7 Å². The van der Waals surface area contributed by atoms with Crippen LogP contribution in [-0.2, 0) is 11.8 Å². The predicted octanol–water partition coefficient (Wildman–Crippen LogP) is 2.22. The van der Waals surface area contributed by atoms with Crippen molar-refractivity contribution in [2.45, 2.75) is 67.8 Å². The second-order valence-electron chi connectivity index (χ2n) is 9.90. The fraction of sp³-hybridized carbons (Fsp3) is 0.714. The molecular formula is C21H27BrNO4+. The number of aliphatic hydroxyl groups is 2. The van der Waals surface area contributed by atoms with Gasteiger partial charge in [-0.1, -0.05) is 15.9 Å². The highest BCUT2D eigenvalue weighted by Gasteiger charge is 2.76. The Morgan fingerprint density at radius 3 is 2.81 bits per heavy atom. The summed E-state index contributed by atoms with van der Waals surface area (Å²) in [6.45, 7) is 2.12. The summed E-state index contributed by atoms with van der Waals surface area (Å²) in [5.41, 5.74) is 0.619. The van der Waals surface area contributed by atoms with Crippen molar-refractivity contribution in [3.63, 3.8) is 0 Å². The first-order valence-electron chi connectivity index (χ1n) is 10.3. The van der Waals surface area contributed by atoms with Crippen molar-refractivity contribution in [1.82, 2.24) is 0 Å². The lowest BCUT2D eigenvalue weighted by atomic mass is 9.48. The van der Waals surface area contributed by atoms with Crippen molar-refractivity contribution in [3.8, 4) is 11.5 Å². The van der Waals surface area contributed by atoms with Gasteiger partial charge in [0.1, 0.15) is 17.7 Å². The number of hydrogen-bond acceptors (Lipinski definition) is 4. The number of quaternary nitrogens is 1. The molecule has 6 rings (SSSR count). The fourth-order valence-corrected chi connectivity index (χ4v) is 7.75. The van der Waals surface area contributed by atoms with Crippen LogP contribution < -0.4 is 4.74 Å². The summed E-state index contributed by atoms with van der Waals surface area (Å²) in [5, 5.41) is 33.7. The van der Waals surface area contributed by atoms with Crippen LogP contribution in [0, 0.1) is 5.92 Å². The van der Waals surface area contributed by atoms with Gasteiger partial charge in [-0.3, -0.25) is 0 Å². The van der Waals surface area contributed by atoms with Crippen molar-refractivity contribution in [1.29, 1.82) is 0 Å². The average Bonchev–Trinajstić information content (AvgIpc) is 3.33. The van der Waals surface area contributed by atoms with Crippen LogP contribution in [0.25, 0.3) is 0 Å². The first-order chi connectivity index (χ1) is 12.8. The molecule has 6 heteroatoms. The van der Waals surface area contributed by atoms with Gasteiger partial charge in [-0.15, -0.1) is 0 Å². The lowest BCUT2D eigenvalue weighted by Crippen LogP contribution is -2.81. The second kappa shape index (κ2) is 5.02. The molecule has 1 spiro atoms. The van der Waals surface area contributed by atoms with E-state index in [-0.39, 0.29) is 11.8 Å². The van der Waals surface area contributed by atoms with Gasteiger partial charge in [0.05, 0.1) is 31.7 Å². The van der Waals surface area contributed by atoms with Gasteiger partial charge < -0.3 is 24.5 Å². The van der Waals surface area contributed by atoms with Crippen LogP contribution in [0.3, 0.4) is 0 Å². The summed E-state index contributed by atoms with van der Waals surface area (Å²) in [6, 6.07) is 1.82.